The minimum Gasteiger partial charge on any atom is -0.508 e. The van der Waals surface area contributed by atoms with Gasteiger partial charge in [0, 0.05) is 11.3 Å². The molecule has 1 heterocycles. The summed E-state index contributed by atoms with van der Waals surface area (Å²) in [6, 6.07) is 26.4. The Kier molecular flexibility index (Phi) is 5.08. The van der Waals surface area contributed by atoms with E-state index in [1.807, 2.05) is 36.4 Å². The van der Waals surface area contributed by atoms with Crippen LogP contribution >= 0.6 is 0 Å². The van der Waals surface area contributed by atoms with Crippen molar-refractivity contribution in [3.05, 3.63) is 113 Å². The van der Waals surface area contributed by atoms with E-state index >= 15 is 0 Å². The second-order valence-corrected chi connectivity index (χ2v) is 7.95. The van der Waals surface area contributed by atoms with Gasteiger partial charge in [0.25, 0.3) is 11.7 Å². The van der Waals surface area contributed by atoms with Crippen LogP contribution in [0.2, 0.25) is 0 Å². The molecule has 5 rings (SSSR count). The second-order valence-electron chi connectivity index (χ2n) is 7.95. The van der Waals surface area contributed by atoms with Crippen LogP contribution in [0.5, 0.6) is 5.75 Å². The van der Waals surface area contributed by atoms with Gasteiger partial charge in [0.1, 0.15) is 11.5 Å². The minimum atomic E-state index is -0.973. The Morgan fingerprint density at radius 3 is 2.32 bits per heavy atom. The van der Waals surface area contributed by atoms with E-state index in [-0.39, 0.29) is 17.1 Å². The normalized spacial score (nSPS) is 17.1. The first kappa shape index (κ1) is 21.0. The first-order valence-electron chi connectivity index (χ1n) is 10.6. The molecule has 1 unspecified atom stereocenters. The molecule has 34 heavy (non-hydrogen) atoms. The van der Waals surface area contributed by atoms with E-state index in [0.717, 1.165) is 10.8 Å². The zero-order chi connectivity index (χ0) is 23.8. The van der Waals surface area contributed by atoms with E-state index in [1.54, 1.807) is 48.5 Å². The lowest BCUT2D eigenvalue weighted by atomic mass is 9.93. The number of hydrogen-bond acceptors (Lipinski definition) is 5. The van der Waals surface area contributed by atoms with Gasteiger partial charge >= 0.3 is 0 Å². The average molecular weight is 446 g/mol. The number of amides is 1. The fraction of sp³-hybridized carbons (Fsp3) is 0.0357. The molecule has 1 aliphatic heterocycles. The molecule has 164 valence electrons. The number of fused-ring (bicyclic) bond motifs is 1. The molecule has 0 aliphatic carbocycles. The quantitative estimate of drug-likeness (QED) is 0.261. The van der Waals surface area contributed by atoms with Crippen molar-refractivity contribution in [3.63, 3.8) is 0 Å². The van der Waals surface area contributed by atoms with Gasteiger partial charge in [-0.3, -0.25) is 14.5 Å². The summed E-state index contributed by atoms with van der Waals surface area (Å²) in [5, 5.41) is 32.3. The van der Waals surface area contributed by atoms with E-state index in [9.17, 15) is 19.8 Å². The monoisotopic (exact) mass is 446 g/mol. The van der Waals surface area contributed by atoms with Crippen molar-refractivity contribution in [1.82, 2.24) is 0 Å². The molecule has 1 saturated heterocycles. The number of carbonyl (C=O) groups excluding carboxylic acids is 2. The van der Waals surface area contributed by atoms with Crippen LogP contribution in [0.4, 0.5) is 5.69 Å². The van der Waals surface area contributed by atoms with Crippen LogP contribution in [0.15, 0.2) is 96.6 Å². The fourth-order valence-corrected chi connectivity index (χ4v) is 4.38. The number of ketones is 1. The molecule has 1 amide bonds. The zero-order valence-electron chi connectivity index (χ0n) is 17.8. The highest BCUT2D eigenvalue weighted by Crippen LogP contribution is 2.43. The lowest BCUT2D eigenvalue weighted by molar-refractivity contribution is -0.132. The van der Waals surface area contributed by atoms with E-state index < -0.39 is 17.7 Å². The summed E-state index contributed by atoms with van der Waals surface area (Å²) in [6.07, 6.45) is 0. The number of anilines is 1. The van der Waals surface area contributed by atoms with Crippen molar-refractivity contribution in [1.29, 1.82) is 5.26 Å². The number of benzene rings is 4. The summed E-state index contributed by atoms with van der Waals surface area (Å²) in [6.45, 7) is 0. The molecule has 4 aromatic rings. The molecule has 0 saturated carbocycles. The number of aliphatic hydroxyl groups is 1. The number of hydrogen-bond donors (Lipinski definition) is 2. The molecule has 0 radical (unpaired) electrons. The van der Waals surface area contributed by atoms with E-state index in [0.29, 0.717) is 22.4 Å². The molecular formula is C28H18N2O4. The average Bonchev–Trinajstić information content (AvgIpc) is 3.13. The third-order valence-electron chi connectivity index (χ3n) is 5.95. The van der Waals surface area contributed by atoms with Crippen molar-refractivity contribution >= 4 is 33.9 Å². The van der Waals surface area contributed by atoms with Gasteiger partial charge in [0.2, 0.25) is 0 Å². The van der Waals surface area contributed by atoms with Crippen molar-refractivity contribution in [2.45, 2.75) is 6.04 Å². The molecule has 2 N–H and O–H groups in total. The summed E-state index contributed by atoms with van der Waals surface area (Å²) >= 11 is 0. The Bertz CT molecular complexity index is 1530. The van der Waals surface area contributed by atoms with Crippen LogP contribution in [-0.2, 0) is 9.59 Å². The first-order valence-corrected chi connectivity index (χ1v) is 10.6. The number of carbonyl (C=O) groups is 2. The van der Waals surface area contributed by atoms with Gasteiger partial charge in [0.05, 0.1) is 23.2 Å². The molecule has 0 bridgehead atoms. The number of phenolic OH excluding ortho intramolecular Hbond substituents is 1. The van der Waals surface area contributed by atoms with Crippen LogP contribution in [0.25, 0.3) is 16.5 Å². The molecule has 4 aromatic carbocycles. The van der Waals surface area contributed by atoms with Crippen molar-refractivity contribution in [2.75, 3.05) is 4.90 Å². The highest BCUT2D eigenvalue weighted by molar-refractivity contribution is 6.51. The summed E-state index contributed by atoms with van der Waals surface area (Å²) in [7, 11) is 0. The van der Waals surface area contributed by atoms with Crippen LogP contribution in [-0.4, -0.2) is 21.9 Å². The third-order valence-corrected chi connectivity index (χ3v) is 5.95. The SMILES string of the molecule is N#Cc1ccc(N2C(=O)C(=O)/C(=C(\O)c3cccc4ccccc34)C2c2cccc(O)c2)cc1. The Morgan fingerprint density at radius 2 is 1.59 bits per heavy atom. The molecule has 6 heteroatoms. The Balaban J connectivity index is 1.77. The van der Waals surface area contributed by atoms with Crippen LogP contribution in [0, 0.1) is 11.3 Å². The maximum Gasteiger partial charge on any atom is 0.300 e. The topological polar surface area (TPSA) is 102 Å². The number of rotatable bonds is 3. The standard InChI is InChI=1S/C28H18N2O4/c29-16-17-11-13-20(14-12-17)30-25(19-7-3-8-21(31)15-19)24(27(33)28(30)34)26(32)23-10-4-6-18-5-1-2-9-22(18)23/h1-15,25,31-32H/b26-24-. The summed E-state index contributed by atoms with van der Waals surface area (Å²) in [5.41, 5.74) is 1.62. The van der Waals surface area contributed by atoms with Gasteiger partial charge in [-0.05, 0) is 52.7 Å². The van der Waals surface area contributed by atoms with Gasteiger partial charge in [-0.2, -0.15) is 5.26 Å². The Hall–Kier alpha value is -4.89. The van der Waals surface area contributed by atoms with Gasteiger partial charge in [-0.15, -0.1) is 0 Å². The maximum atomic E-state index is 13.3. The number of aliphatic hydroxyl groups excluding tert-OH is 1. The van der Waals surface area contributed by atoms with E-state index in [2.05, 4.69) is 0 Å². The van der Waals surface area contributed by atoms with E-state index in [4.69, 9.17) is 5.26 Å². The van der Waals surface area contributed by atoms with E-state index in [1.165, 1.54) is 17.0 Å². The number of aromatic hydroxyl groups is 1. The lowest BCUT2D eigenvalue weighted by Crippen LogP contribution is -2.29. The highest BCUT2D eigenvalue weighted by Gasteiger charge is 2.47. The molecule has 1 fully saturated rings. The zero-order valence-corrected chi connectivity index (χ0v) is 17.8. The lowest BCUT2D eigenvalue weighted by Gasteiger charge is -2.25. The fourth-order valence-electron chi connectivity index (χ4n) is 4.38. The summed E-state index contributed by atoms with van der Waals surface area (Å²) in [5.74, 6) is -1.96. The molecule has 0 spiro atoms. The van der Waals surface area contributed by atoms with Crippen molar-refractivity contribution in [3.8, 4) is 11.8 Å². The smallest absolute Gasteiger partial charge is 0.300 e. The minimum absolute atomic E-state index is 0.0342. The number of nitrogens with zero attached hydrogens (tertiary/aromatic N) is 2. The molecule has 6 nitrogen and oxygen atoms in total. The number of nitriles is 1. The van der Waals surface area contributed by atoms with Crippen LogP contribution in [0.3, 0.4) is 0 Å². The number of phenols is 1. The predicted octanol–water partition coefficient (Wildman–Crippen LogP) is 5.04. The Labute approximate surface area is 195 Å². The molecule has 1 atom stereocenters. The maximum absolute atomic E-state index is 13.3. The van der Waals surface area contributed by atoms with Gasteiger partial charge in [0.15, 0.2) is 0 Å². The van der Waals surface area contributed by atoms with Gasteiger partial charge in [-0.25, -0.2) is 0 Å². The predicted molar refractivity (Wildman–Crippen MR) is 128 cm³/mol. The van der Waals surface area contributed by atoms with Gasteiger partial charge < -0.3 is 10.2 Å². The molecular weight excluding hydrogens is 428 g/mol. The van der Waals surface area contributed by atoms with Crippen molar-refractivity contribution < 1.29 is 19.8 Å². The van der Waals surface area contributed by atoms with Crippen LogP contribution in [0.1, 0.15) is 22.7 Å². The van der Waals surface area contributed by atoms with Gasteiger partial charge in [-0.1, -0.05) is 54.6 Å². The summed E-state index contributed by atoms with van der Waals surface area (Å²) < 4.78 is 0. The molecule has 1 aliphatic rings. The highest BCUT2D eigenvalue weighted by atomic mass is 16.3. The second kappa shape index (κ2) is 8.23. The van der Waals surface area contributed by atoms with Crippen molar-refractivity contribution in [2.24, 2.45) is 0 Å². The number of Topliss-reactive ketones (excluding diaryl/α,β-unsaturated/α-hetero) is 1. The largest absolute Gasteiger partial charge is 0.508 e. The summed E-state index contributed by atoms with van der Waals surface area (Å²) in [4.78, 5) is 27.8. The molecule has 0 aromatic heterocycles. The third kappa shape index (κ3) is 3.37. The first-order chi connectivity index (χ1) is 16.5. The van der Waals surface area contributed by atoms with Crippen LogP contribution < -0.4 is 4.90 Å². The Morgan fingerprint density at radius 1 is 0.882 bits per heavy atom.